The SMILES string of the molecule is CCCCCC(=O)[C@@]1(O)[C@H](O)C(C)(C)C(=O)C1(C)C. The molecule has 1 aliphatic rings. The topological polar surface area (TPSA) is 74.6 Å². The molecular formula is C15H26O4. The number of ketones is 2. The van der Waals surface area contributed by atoms with Crippen LogP contribution in [0.1, 0.15) is 60.3 Å². The summed E-state index contributed by atoms with van der Waals surface area (Å²) in [7, 11) is 0. The molecule has 2 N–H and O–H groups in total. The van der Waals surface area contributed by atoms with Gasteiger partial charge in [-0.1, -0.05) is 33.6 Å². The van der Waals surface area contributed by atoms with E-state index in [0.29, 0.717) is 6.42 Å². The Labute approximate surface area is 115 Å². The number of hydrogen-bond donors (Lipinski definition) is 2. The van der Waals surface area contributed by atoms with Gasteiger partial charge in [-0.05, 0) is 20.3 Å². The second-order valence-electron chi connectivity index (χ2n) is 6.73. The highest BCUT2D eigenvalue weighted by Crippen LogP contribution is 2.53. The van der Waals surface area contributed by atoms with E-state index in [1.54, 1.807) is 27.7 Å². The molecule has 1 saturated carbocycles. The van der Waals surface area contributed by atoms with Crippen molar-refractivity contribution in [2.24, 2.45) is 10.8 Å². The van der Waals surface area contributed by atoms with Crippen LogP contribution in [0.2, 0.25) is 0 Å². The predicted octanol–water partition coefficient (Wildman–Crippen LogP) is 1.86. The van der Waals surface area contributed by atoms with Gasteiger partial charge in [-0.25, -0.2) is 0 Å². The predicted molar refractivity (Wildman–Crippen MR) is 72.7 cm³/mol. The third-order valence-corrected chi connectivity index (χ3v) is 4.62. The molecule has 0 aromatic carbocycles. The van der Waals surface area contributed by atoms with Crippen LogP contribution in [0.5, 0.6) is 0 Å². The lowest BCUT2D eigenvalue weighted by Crippen LogP contribution is -2.56. The number of hydrogen-bond acceptors (Lipinski definition) is 4. The van der Waals surface area contributed by atoms with Crippen molar-refractivity contribution in [3.63, 3.8) is 0 Å². The summed E-state index contributed by atoms with van der Waals surface area (Å²) in [6.45, 7) is 8.29. The van der Waals surface area contributed by atoms with E-state index in [2.05, 4.69) is 0 Å². The Bertz CT molecular complexity index is 384. The molecule has 0 radical (unpaired) electrons. The van der Waals surface area contributed by atoms with Gasteiger partial charge < -0.3 is 10.2 Å². The molecule has 4 heteroatoms. The molecule has 1 rings (SSSR count). The summed E-state index contributed by atoms with van der Waals surface area (Å²) in [5, 5.41) is 21.1. The molecule has 0 aromatic rings. The number of carbonyl (C=O) groups is 2. The van der Waals surface area contributed by atoms with Crippen molar-refractivity contribution in [1.82, 2.24) is 0 Å². The van der Waals surface area contributed by atoms with Gasteiger partial charge in [0.1, 0.15) is 11.9 Å². The van der Waals surface area contributed by atoms with Crippen LogP contribution >= 0.6 is 0 Å². The molecule has 0 unspecified atom stereocenters. The summed E-state index contributed by atoms with van der Waals surface area (Å²) in [6, 6.07) is 0. The molecule has 2 atom stereocenters. The normalized spacial score (nSPS) is 32.6. The smallest absolute Gasteiger partial charge is 0.168 e. The number of unbranched alkanes of at least 4 members (excludes halogenated alkanes) is 2. The number of aliphatic hydroxyl groups is 2. The van der Waals surface area contributed by atoms with E-state index in [0.717, 1.165) is 12.8 Å². The maximum Gasteiger partial charge on any atom is 0.168 e. The number of aliphatic hydroxyl groups excluding tert-OH is 1. The van der Waals surface area contributed by atoms with Gasteiger partial charge in [0.2, 0.25) is 0 Å². The lowest BCUT2D eigenvalue weighted by molar-refractivity contribution is -0.166. The van der Waals surface area contributed by atoms with E-state index < -0.39 is 28.3 Å². The van der Waals surface area contributed by atoms with Gasteiger partial charge in [0, 0.05) is 6.42 Å². The lowest BCUT2D eigenvalue weighted by atomic mass is 9.72. The minimum atomic E-state index is -1.97. The van der Waals surface area contributed by atoms with E-state index in [9.17, 15) is 19.8 Å². The zero-order valence-electron chi connectivity index (χ0n) is 12.6. The highest BCUT2D eigenvalue weighted by atomic mass is 16.4. The summed E-state index contributed by atoms with van der Waals surface area (Å²) in [6.07, 6.45) is 1.40. The summed E-state index contributed by atoms with van der Waals surface area (Å²) >= 11 is 0. The molecule has 1 fully saturated rings. The second-order valence-corrected chi connectivity index (χ2v) is 6.73. The van der Waals surface area contributed by atoms with Crippen LogP contribution in [0.3, 0.4) is 0 Å². The fourth-order valence-corrected chi connectivity index (χ4v) is 3.19. The first-order chi connectivity index (χ1) is 8.54. The Morgan fingerprint density at radius 1 is 1.21 bits per heavy atom. The van der Waals surface area contributed by atoms with Gasteiger partial charge >= 0.3 is 0 Å². The molecule has 0 saturated heterocycles. The van der Waals surface area contributed by atoms with E-state index in [1.807, 2.05) is 6.92 Å². The van der Waals surface area contributed by atoms with E-state index in [1.165, 1.54) is 0 Å². The van der Waals surface area contributed by atoms with Crippen LogP contribution in [0, 0.1) is 10.8 Å². The molecule has 19 heavy (non-hydrogen) atoms. The van der Waals surface area contributed by atoms with E-state index >= 15 is 0 Å². The first-order valence-electron chi connectivity index (χ1n) is 7.03. The van der Waals surface area contributed by atoms with Crippen molar-refractivity contribution in [1.29, 1.82) is 0 Å². The monoisotopic (exact) mass is 270 g/mol. The highest BCUT2D eigenvalue weighted by molar-refractivity contribution is 6.04. The Morgan fingerprint density at radius 2 is 1.74 bits per heavy atom. The molecule has 0 aromatic heterocycles. The van der Waals surface area contributed by atoms with Crippen LogP contribution in [-0.2, 0) is 9.59 Å². The zero-order chi connectivity index (χ0) is 15.1. The van der Waals surface area contributed by atoms with Crippen LogP contribution in [-0.4, -0.2) is 33.5 Å². The van der Waals surface area contributed by atoms with Crippen molar-refractivity contribution in [2.75, 3.05) is 0 Å². The van der Waals surface area contributed by atoms with Crippen LogP contribution in [0.4, 0.5) is 0 Å². The van der Waals surface area contributed by atoms with Crippen molar-refractivity contribution >= 4 is 11.6 Å². The Morgan fingerprint density at radius 3 is 2.11 bits per heavy atom. The maximum absolute atomic E-state index is 12.3. The molecule has 0 bridgehead atoms. The first kappa shape index (κ1) is 16.3. The molecule has 0 aliphatic heterocycles. The van der Waals surface area contributed by atoms with Gasteiger partial charge in [0.05, 0.1) is 10.8 Å². The average molecular weight is 270 g/mol. The minimum absolute atomic E-state index is 0.203. The quantitative estimate of drug-likeness (QED) is 0.748. The second kappa shape index (κ2) is 4.98. The lowest BCUT2D eigenvalue weighted by Gasteiger charge is -2.36. The van der Waals surface area contributed by atoms with Crippen molar-refractivity contribution in [3.05, 3.63) is 0 Å². The molecule has 4 nitrogen and oxygen atoms in total. The van der Waals surface area contributed by atoms with Gasteiger partial charge in [-0.3, -0.25) is 9.59 Å². The van der Waals surface area contributed by atoms with Crippen molar-refractivity contribution in [3.8, 4) is 0 Å². The fourth-order valence-electron chi connectivity index (χ4n) is 3.19. The molecule has 110 valence electrons. The molecule has 1 aliphatic carbocycles. The molecule has 0 heterocycles. The number of Topliss-reactive ketones (excluding diaryl/α,β-unsaturated/α-hetero) is 2. The molecule has 0 amide bonds. The van der Waals surface area contributed by atoms with Gasteiger partial charge in [0.15, 0.2) is 11.4 Å². The summed E-state index contributed by atoms with van der Waals surface area (Å²) < 4.78 is 0. The fraction of sp³-hybridized carbons (Fsp3) is 0.867. The van der Waals surface area contributed by atoms with Gasteiger partial charge in [-0.15, -0.1) is 0 Å². The number of carbonyl (C=O) groups excluding carboxylic acids is 2. The van der Waals surface area contributed by atoms with E-state index in [4.69, 9.17) is 0 Å². The summed E-state index contributed by atoms with van der Waals surface area (Å²) in [5.41, 5.74) is -4.32. The van der Waals surface area contributed by atoms with Crippen LogP contribution < -0.4 is 0 Å². The minimum Gasteiger partial charge on any atom is -0.389 e. The van der Waals surface area contributed by atoms with Crippen molar-refractivity contribution in [2.45, 2.75) is 72.0 Å². The number of rotatable bonds is 5. The molecule has 0 spiro atoms. The third-order valence-electron chi connectivity index (χ3n) is 4.62. The van der Waals surface area contributed by atoms with Crippen LogP contribution in [0.25, 0.3) is 0 Å². The van der Waals surface area contributed by atoms with Crippen molar-refractivity contribution < 1.29 is 19.8 Å². The Kier molecular flexibility index (Phi) is 4.28. The third kappa shape index (κ3) is 2.15. The highest BCUT2D eigenvalue weighted by Gasteiger charge is 2.70. The average Bonchev–Trinajstić information content (AvgIpc) is 2.42. The van der Waals surface area contributed by atoms with Crippen LogP contribution in [0.15, 0.2) is 0 Å². The zero-order valence-corrected chi connectivity index (χ0v) is 12.6. The largest absolute Gasteiger partial charge is 0.389 e. The molecular weight excluding hydrogens is 244 g/mol. The summed E-state index contributed by atoms with van der Waals surface area (Å²) in [4.78, 5) is 24.7. The standard InChI is InChI=1S/C15H26O4/c1-6-7-8-9-10(16)15(19)12(18)13(2,3)11(17)14(15,4)5/h12,18-19H,6-9H2,1-5H3/t12-,15-/m1/s1. The van der Waals surface area contributed by atoms with Gasteiger partial charge in [0.25, 0.3) is 0 Å². The first-order valence-corrected chi connectivity index (χ1v) is 7.03. The van der Waals surface area contributed by atoms with Gasteiger partial charge in [-0.2, -0.15) is 0 Å². The Balaban J connectivity index is 3.08. The maximum atomic E-state index is 12.3. The summed E-state index contributed by atoms with van der Waals surface area (Å²) in [5.74, 6) is -0.684. The Hall–Kier alpha value is -0.740. The van der Waals surface area contributed by atoms with E-state index in [-0.39, 0.29) is 12.2 Å².